The van der Waals surface area contributed by atoms with Gasteiger partial charge in [-0.3, -0.25) is 4.79 Å². The van der Waals surface area contributed by atoms with Crippen molar-refractivity contribution in [3.63, 3.8) is 0 Å². The van der Waals surface area contributed by atoms with Crippen LogP contribution in [0.15, 0.2) is 23.1 Å². The lowest BCUT2D eigenvalue weighted by molar-refractivity contribution is -0.121. The third-order valence-corrected chi connectivity index (χ3v) is 8.66. The summed E-state index contributed by atoms with van der Waals surface area (Å²) in [5.74, 6) is 0.895. The Morgan fingerprint density at radius 2 is 1.82 bits per heavy atom. The van der Waals surface area contributed by atoms with Gasteiger partial charge in [-0.25, -0.2) is 13.4 Å². The first-order valence-electron chi connectivity index (χ1n) is 12.4. The minimum Gasteiger partial charge on any atom is -0.379 e. The molecule has 8 nitrogen and oxygen atoms in total. The molecule has 33 heavy (non-hydrogen) atoms. The third-order valence-electron chi connectivity index (χ3n) is 6.77. The number of rotatable bonds is 7. The number of aromatic nitrogens is 2. The van der Waals surface area contributed by atoms with Crippen LogP contribution < -0.4 is 5.32 Å². The van der Waals surface area contributed by atoms with Crippen LogP contribution in [-0.4, -0.2) is 60.5 Å². The van der Waals surface area contributed by atoms with Gasteiger partial charge in [-0.15, -0.1) is 0 Å². The van der Waals surface area contributed by atoms with Crippen molar-refractivity contribution in [1.82, 2.24) is 19.2 Å². The van der Waals surface area contributed by atoms with E-state index in [1.54, 1.807) is 12.1 Å². The number of fused-ring (bicyclic) bond motifs is 1. The van der Waals surface area contributed by atoms with E-state index >= 15 is 0 Å². The van der Waals surface area contributed by atoms with Crippen molar-refractivity contribution in [2.45, 2.75) is 82.2 Å². The van der Waals surface area contributed by atoms with E-state index in [1.807, 2.05) is 13.0 Å². The molecular weight excluding hydrogens is 440 g/mol. The first kappa shape index (κ1) is 24.2. The van der Waals surface area contributed by atoms with Crippen molar-refractivity contribution in [2.75, 3.05) is 26.3 Å². The number of hydrogen-bond acceptors (Lipinski definition) is 5. The van der Waals surface area contributed by atoms with Crippen molar-refractivity contribution < 1.29 is 17.9 Å². The van der Waals surface area contributed by atoms with Gasteiger partial charge in [0.1, 0.15) is 5.82 Å². The number of carbonyl (C=O) groups excluding carboxylic acids is 1. The van der Waals surface area contributed by atoms with Gasteiger partial charge in [0.15, 0.2) is 0 Å². The summed E-state index contributed by atoms with van der Waals surface area (Å²) in [4.78, 5) is 17.6. The number of amides is 1. The van der Waals surface area contributed by atoms with Crippen LogP contribution in [-0.2, 0) is 32.5 Å². The van der Waals surface area contributed by atoms with Gasteiger partial charge in [-0.05, 0) is 38.0 Å². The van der Waals surface area contributed by atoms with Crippen molar-refractivity contribution in [1.29, 1.82) is 0 Å². The average Bonchev–Trinajstić information content (AvgIpc) is 3.16. The highest BCUT2D eigenvalue weighted by Crippen LogP contribution is 2.24. The Morgan fingerprint density at radius 3 is 2.52 bits per heavy atom. The number of carbonyl (C=O) groups is 1. The van der Waals surface area contributed by atoms with Crippen molar-refractivity contribution >= 4 is 27.0 Å². The van der Waals surface area contributed by atoms with Crippen LogP contribution in [0, 0.1) is 0 Å². The normalized spacial score (nSPS) is 19.3. The molecule has 0 bridgehead atoms. The second kappa shape index (κ2) is 11.0. The zero-order chi connectivity index (χ0) is 23.3. The van der Waals surface area contributed by atoms with Crippen LogP contribution in [0.25, 0.3) is 11.0 Å². The molecule has 4 rings (SSSR count). The topological polar surface area (TPSA) is 93.5 Å². The van der Waals surface area contributed by atoms with Gasteiger partial charge < -0.3 is 14.6 Å². The minimum atomic E-state index is -3.57. The van der Waals surface area contributed by atoms with Crippen LogP contribution in [0.3, 0.4) is 0 Å². The summed E-state index contributed by atoms with van der Waals surface area (Å²) in [6, 6.07) is 5.43. The first-order chi connectivity index (χ1) is 16.0. The van der Waals surface area contributed by atoms with Gasteiger partial charge >= 0.3 is 0 Å². The van der Waals surface area contributed by atoms with E-state index in [0.29, 0.717) is 51.2 Å². The molecule has 0 unspecified atom stereocenters. The minimum absolute atomic E-state index is 0.0749. The van der Waals surface area contributed by atoms with Gasteiger partial charge in [-0.1, -0.05) is 32.1 Å². The van der Waals surface area contributed by atoms with Crippen molar-refractivity contribution in [3.05, 3.63) is 24.0 Å². The number of sulfonamides is 1. The predicted octanol–water partition coefficient (Wildman–Crippen LogP) is 3.24. The Hall–Kier alpha value is -1.97. The number of benzene rings is 1. The number of hydrogen-bond donors (Lipinski definition) is 1. The summed E-state index contributed by atoms with van der Waals surface area (Å²) in [5, 5.41) is 3.22. The number of nitrogens with zero attached hydrogens (tertiary/aromatic N) is 3. The molecule has 2 fully saturated rings. The second-order valence-electron chi connectivity index (χ2n) is 9.05. The van der Waals surface area contributed by atoms with Crippen LogP contribution in [0.1, 0.15) is 64.1 Å². The highest BCUT2D eigenvalue weighted by Gasteiger charge is 2.27. The fraction of sp³-hybridized carbons (Fsp3) is 0.667. The monoisotopic (exact) mass is 476 g/mol. The summed E-state index contributed by atoms with van der Waals surface area (Å²) in [6.07, 6.45) is 9.26. The van der Waals surface area contributed by atoms with Gasteiger partial charge in [0.2, 0.25) is 15.9 Å². The highest BCUT2D eigenvalue weighted by atomic mass is 32.2. The van der Waals surface area contributed by atoms with E-state index < -0.39 is 10.0 Å². The average molecular weight is 477 g/mol. The summed E-state index contributed by atoms with van der Waals surface area (Å²) in [5.41, 5.74) is 1.55. The number of imidazole rings is 1. The molecule has 0 atom stereocenters. The van der Waals surface area contributed by atoms with E-state index in [1.165, 1.54) is 36.4 Å². The van der Waals surface area contributed by atoms with Gasteiger partial charge in [0.05, 0.1) is 29.1 Å². The van der Waals surface area contributed by atoms with Gasteiger partial charge in [-0.2, -0.15) is 4.31 Å². The smallest absolute Gasteiger partial charge is 0.243 e. The van der Waals surface area contributed by atoms with Crippen LogP contribution in [0.5, 0.6) is 0 Å². The lowest BCUT2D eigenvalue weighted by Crippen LogP contribution is -2.40. The maximum Gasteiger partial charge on any atom is 0.243 e. The quantitative estimate of drug-likeness (QED) is 0.662. The van der Waals surface area contributed by atoms with Crippen LogP contribution in [0.4, 0.5) is 0 Å². The summed E-state index contributed by atoms with van der Waals surface area (Å²) in [7, 11) is -3.57. The SMILES string of the molecule is CCn1c(CCC(=O)NC2CCCCCCC2)nc2cc(S(=O)(=O)N3CCOCC3)ccc21. The molecule has 1 aliphatic carbocycles. The van der Waals surface area contributed by atoms with Crippen molar-refractivity contribution in [3.8, 4) is 0 Å². The summed E-state index contributed by atoms with van der Waals surface area (Å²) >= 11 is 0. The summed E-state index contributed by atoms with van der Waals surface area (Å²) in [6.45, 7) is 4.32. The molecular formula is C24H36N4O4S. The molecule has 9 heteroatoms. The molecule has 1 saturated carbocycles. The largest absolute Gasteiger partial charge is 0.379 e. The van der Waals surface area contributed by atoms with E-state index in [0.717, 1.165) is 24.2 Å². The Morgan fingerprint density at radius 1 is 1.12 bits per heavy atom. The molecule has 2 aromatic rings. The molecule has 1 amide bonds. The molecule has 1 aromatic heterocycles. The zero-order valence-corrected chi connectivity index (χ0v) is 20.4. The molecule has 1 saturated heterocycles. The molecule has 1 aromatic carbocycles. The molecule has 2 heterocycles. The zero-order valence-electron chi connectivity index (χ0n) is 19.6. The maximum absolute atomic E-state index is 13.0. The Labute approximate surface area is 196 Å². The number of ether oxygens (including phenoxy) is 1. The fourth-order valence-electron chi connectivity index (χ4n) is 4.93. The Bertz CT molecular complexity index is 1050. The summed E-state index contributed by atoms with van der Waals surface area (Å²) < 4.78 is 34.9. The Balaban J connectivity index is 1.45. The molecule has 2 aliphatic rings. The standard InChI is InChI=1S/C24H36N4O4S/c1-2-28-22-11-10-20(33(30,31)27-14-16-32-17-15-27)18-21(22)26-23(28)12-13-24(29)25-19-8-6-4-3-5-7-9-19/h10-11,18-19H,2-9,12-17H2,1H3,(H,25,29). The van der Waals surface area contributed by atoms with E-state index in [2.05, 4.69) is 9.88 Å². The molecule has 182 valence electrons. The Kier molecular flexibility index (Phi) is 8.03. The molecule has 1 N–H and O–H groups in total. The lowest BCUT2D eigenvalue weighted by atomic mass is 9.96. The van der Waals surface area contributed by atoms with Gasteiger partial charge in [0, 0.05) is 38.5 Å². The van der Waals surface area contributed by atoms with E-state index in [4.69, 9.17) is 9.72 Å². The first-order valence-corrected chi connectivity index (χ1v) is 13.8. The lowest BCUT2D eigenvalue weighted by Gasteiger charge is -2.26. The number of morpholine rings is 1. The maximum atomic E-state index is 13.0. The third kappa shape index (κ3) is 5.75. The van der Waals surface area contributed by atoms with E-state index in [9.17, 15) is 13.2 Å². The fourth-order valence-corrected chi connectivity index (χ4v) is 6.35. The number of nitrogens with one attached hydrogen (secondary N) is 1. The van der Waals surface area contributed by atoms with Crippen molar-refractivity contribution in [2.24, 2.45) is 0 Å². The van der Waals surface area contributed by atoms with Crippen LogP contribution in [0.2, 0.25) is 0 Å². The molecule has 0 radical (unpaired) electrons. The van der Waals surface area contributed by atoms with Gasteiger partial charge in [0.25, 0.3) is 0 Å². The second-order valence-corrected chi connectivity index (χ2v) is 11.0. The predicted molar refractivity (Wildman–Crippen MR) is 128 cm³/mol. The highest BCUT2D eigenvalue weighted by molar-refractivity contribution is 7.89. The van der Waals surface area contributed by atoms with Crippen LogP contribution >= 0.6 is 0 Å². The number of aryl methyl sites for hydroxylation is 2. The molecule has 1 aliphatic heterocycles. The van der Waals surface area contributed by atoms with E-state index in [-0.39, 0.29) is 16.8 Å². The molecule has 0 spiro atoms.